The fourth-order valence-electron chi connectivity index (χ4n) is 2.19. The van der Waals surface area contributed by atoms with Gasteiger partial charge in [-0.05, 0) is 24.3 Å². The third kappa shape index (κ3) is 3.06. The zero-order valence-corrected chi connectivity index (χ0v) is 12.4. The van der Waals surface area contributed by atoms with E-state index in [0.717, 1.165) is 10.9 Å². The number of nitrogens with one attached hydrogen (secondary N) is 1. The van der Waals surface area contributed by atoms with Crippen molar-refractivity contribution >= 4 is 16.8 Å². The van der Waals surface area contributed by atoms with Crippen LogP contribution in [-0.2, 0) is 18.4 Å². The fraction of sp³-hybridized carbons (Fsp3) is 0.188. The molecule has 0 radical (unpaired) electrons. The molecule has 22 heavy (non-hydrogen) atoms. The van der Waals surface area contributed by atoms with E-state index in [1.165, 1.54) is 13.3 Å². The molecule has 2 aromatic heterocycles. The van der Waals surface area contributed by atoms with Gasteiger partial charge in [0.1, 0.15) is 12.1 Å². The molecule has 0 fully saturated rings. The first-order valence-corrected chi connectivity index (χ1v) is 6.90. The summed E-state index contributed by atoms with van der Waals surface area (Å²) in [6, 6.07) is 9.61. The van der Waals surface area contributed by atoms with Crippen LogP contribution in [-0.4, -0.2) is 20.4 Å². The summed E-state index contributed by atoms with van der Waals surface area (Å²) >= 11 is 0. The van der Waals surface area contributed by atoms with Crippen molar-refractivity contribution in [1.82, 2.24) is 19.9 Å². The molecule has 0 unspecified atom stereocenters. The van der Waals surface area contributed by atoms with Crippen LogP contribution >= 0.6 is 0 Å². The van der Waals surface area contributed by atoms with E-state index in [2.05, 4.69) is 19.9 Å². The molecule has 0 atom stereocenters. The normalized spacial score (nSPS) is 10.6. The van der Waals surface area contributed by atoms with Crippen LogP contribution in [0.25, 0.3) is 10.9 Å². The number of fused-ring (bicyclic) bond motifs is 1. The summed E-state index contributed by atoms with van der Waals surface area (Å²) in [6.45, 7) is 1.82. The molecule has 3 aromatic rings. The minimum Gasteiger partial charge on any atom is -0.439 e. The predicted octanol–water partition coefficient (Wildman–Crippen LogP) is 2.40. The smallest absolute Gasteiger partial charge is 0.222 e. The second kappa shape index (κ2) is 5.85. The summed E-state index contributed by atoms with van der Waals surface area (Å²) in [4.78, 5) is 19.1. The van der Waals surface area contributed by atoms with Crippen molar-refractivity contribution in [1.29, 1.82) is 0 Å². The first-order chi connectivity index (χ1) is 10.6. The number of aryl methyl sites for hydroxylation is 1. The number of rotatable bonds is 4. The maximum absolute atomic E-state index is 10.9. The number of hydrogen-bond donors (Lipinski definition) is 1. The lowest BCUT2D eigenvalue weighted by Crippen LogP contribution is -2.19. The van der Waals surface area contributed by atoms with Gasteiger partial charge >= 0.3 is 0 Å². The molecular formula is C16H16N4O2. The van der Waals surface area contributed by atoms with E-state index in [1.807, 2.05) is 37.5 Å². The SMILES string of the molecule is CC(=O)NCc1cc(Oc2ccc3c(ccn3C)c2)ncn1. The van der Waals surface area contributed by atoms with Crippen molar-refractivity contribution in [2.45, 2.75) is 13.5 Å². The Labute approximate surface area is 127 Å². The van der Waals surface area contributed by atoms with Crippen molar-refractivity contribution in [2.75, 3.05) is 0 Å². The molecular weight excluding hydrogens is 280 g/mol. The van der Waals surface area contributed by atoms with Gasteiger partial charge in [-0.2, -0.15) is 0 Å². The van der Waals surface area contributed by atoms with Gasteiger partial charge in [-0.15, -0.1) is 0 Å². The van der Waals surface area contributed by atoms with Crippen LogP contribution in [0, 0.1) is 0 Å². The summed E-state index contributed by atoms with van der Waals surface area (Å²) < 4.78 is 7.82. The molecule has 0 saturated heterocycles. The molecule has 1 N–H and O–H groups in total. The zero-order chi connectivity index (χ0) is 15.5. The standard InChI is InChI=1S/C16H16N4O2/c1-11(21)17-9-13-8-16(19-10-18-13)22-14-3-4-15-12(7-14)5-6-20(15)2/h3-8,10H,9H2,1-2H3,(H,17,21). The summed E-state index contributed by atoms with van der Waals surface area (Å²) in [5.74, 6) is 1.06. The van der Waals surface area contributed by atoms with Gasteiger partial charge in [0.2, 0.25) is 11.8 Å². The van der Waals surface area contributed by atoms with Crippen molar-refractivity contribution in [3.8, 4) is 11.6 Å². The van der Waals surface area contributed by atoms with E-state index in [9.17, 15) is 4.79 Å². The Hall–Kier alpha value is -2.89. The molecule has 3 rings (SSSR count). The second-order valence-electron chi connectivity index (χ2n) is 5.01. The lowest BCUT2D eigenvalue weighted by Gasteiger charge is -2.07. The van der Waals surface area contributed by atoms with Crippen LogP contribution in [0.1, 0.15) is 12.6 Å². The summed E-state index contributed by atoms with van der Waals surface area (Å²) in [7, 11) is 2.00. The second-order valence-corrected chi connectivity index (χ2v) is 5.01. The molecule has 0 saturated carbocycles. The van der Waals surface area contributed by atoms with Crippen LogP contribution in [0.3, 0.4) is 0 Å². The molecule has 0 aliphatic heterocycles. The average Bonchev–Trinajstić information content (AvgIpc) is 2.86. The van der Waals surface area contributed by atoms with Gasteiger partial charge in [-0.25, -0.2) is 9.97 Å². The lowest BCUT2D eigenvalue weighted by atomic mass is 10.2. The largest absolute Gasteiger partial charge is 0.439 e. The van der Waals surface area contributed by atoms with Crippen molar-refractivity contribution in [2.24, 2.45) is 7.05 Å². The van der Waals surface area contributed by atoms with Gasteiger partial charge < -0.3 is 14.6 Å². The number of carbonyl (C=O) groups is 1. The molecule has 0 aliphatic carbocycles. The highest BCUT2D eigenvalue weighted by Gasteiger charge is 2.05. The molecule has 0 bridgehead atoms. The third-order valence-electron chi connectivity index (χ3n) is 3.30. The number of nitrogens with zero attached hydrogens (tertiary/aromatic N) is 3. The highest BCUT2D eigenvalue weighted by atomic mass is 16.5. The number of carbonyl (C=O) groups excluding carboxylic acids is 1. The summed E-state index contributed by atoms with van der Waals surface area (Å²) in [6.07, 6.45) is 3.43. The first-order valence-electron chi connectivity index (χ1n) is 6.90. The number of benzene rings is 1. The molecule has 6 heteroatoms. The highest BCUT2D eigenvalue weighted by Crippen LogP contribution is 2.25. The fourth-order valence-corrected chi connectivity index (χ4v) is 2.19. The maximum Gasteiger partial charge on any atom is 0.222 e. The molecule has 1 aromatic carbocycles. The van der Waals surface area contributed by atoms with Gasteiger partial charge in [-0.3, -0.25) is 4.79 Å². The Morgan fingerprint density at radius 2 is 2.14 bits per heavy atom. The van der Waals surface area contributed by atoms with Gasteiger partial charge in [0.05, 0.1) is 12.2 Å². The topological polar surface area (TPSA) is 69.0 Å². The predicted molar refractivity (Wildman–Crippen MR) is 82.5 cm³/mol. The van der Waals surface area contributed by atoms with Crippen LogP contribution in [0.4, 0.5) is 0 Å². The van der Waals surface area contributed by atoms with Gasteiger partial charge in [-0.1, -0.05) is 0 Å². The summed E-state index contributed by atoms with van der Waals surface area (Å²) in [5, 5.41) is 3.80. The van der Waals surface area contributed by atoms with Gasteiger partial charge in [0, 0.05) is 37.1 Å². The summed E-state index contributed by atoms with van der Waals surface area (Å²) in [5.41, 5.74) is 1.84. The van der Waals surface area contributed by atoms with Crippen LogP contribution in [0.5, 0.6) is 11.6 Å². The maximum atomic E-state index is 10.9. The van der Waals surface area contributed by atoms with E-state index in [-0.39, 0.29) is 5.91 Å². The average molecular weight is 296 g/mol. The molecule has 6 nitrogen and oxygen atoms in total. The Balaban J connectivity index is 1.79. The number of amides is 1. The van der Waals surface area contributed by atoms with Crippen LogP contribution in [0.2, 0.25) is 0 Å². The first kappa shape index (κ1) is 14.1. The van der Waals surface area contributed by atoms with E-state index >= 15 is 0 Å². The zero-order valence-electron chi connectivity index (χ0n) is 12.4. The molecule has 0 spiro atoms. The van der Waals surface area contributed by atoms with Crippen molar-refractivity contribution in [3.05, 3.63) is 48.5 Å². The number of ether oxygens (including phenoxy) is 1. The highest BCUT2D eigenvalue weighted by molar-refractivity contribution is 5.81. The number of hydrogen-bond acceptors (Lipinski definition) is 4. The van der Waals surface area contributed by atoms with Crippen molar-refractivity contribution < 1.29 is 9.53 Å². The third-order valence-corrected chi connectivity index (χ3v) is 3.30. The Morgan fingerprint density at radius 1 is 1.27 bits per heavy atom. The monoisotopic (exact) mass is 296 g/mol. The van der Waals surface area contributed by atoms with E-state index in [0.29, 0.717) is 23.9 Å². The molecule has 1 amide bonds. The molecule has 2 heterocycles. The molecule has 0 aliphatic rings. The Kier molecular flexibility index (Phi) is 3.74. The number of aromatic nitrogens is 3. The van der Waals surface area contributed by atoms with E-state index < -0.39 is 0 Å². The van der Waals surface area contributed by atoms with Gasteiger partial charge in [0.25, 0.3) is 0 Å². The van der Waals surface area contributed by atoms with Crippen LogP contribution in [0.15, 0.2) is 42.9 Å². The van der Waals surface area contributed by atoms with E-state index in [4.69, 9.17) is 4.74 Å². The minimum absolute atomic E-state index is 0.101. The molecule has 112 valence electrons. The van der Waals surface area contributed by atoms with Gasteiger partial charge in [0.15, 0.2) is 0 Å². The quantitative estimate of drug-likeness (QED) is 0.802. The Morgan fingerprint density at radius 3 is 2.95 bits per heavy atom. The van der Waals surface area contributed by atoms with E-state index in [1.54, 1.807) is 6.07 Å². The minimum atomic E-state index is -0.101. The lowest BCUT2D eigenvalue weighted by molar-refractivity contribution is -0.119. The van der Waals surface area contributed by atoms with Crippen molar-refractivity contribution in [3.63, 3.8) is 0 Å². The van der Waals surface area contributed by atoms with Crippen LogP contribution < -0.4 is 10.1 Å². The Bertz CT molecular complexity index is 826.